The molecule has 0 fully saturated rings. The summed E-state index contributed by atoms with van der Waals surface area (Å²) in [5, 5.41) is 10.1. The molecule has 0 saturated carbocycles. The first-order valence-corrected chi connectivity index (χ1v) is 7.49. The Balaban J connectivity index is 1.57. The van der Waals surface area contributed by atoms with Crippen LogP contribution in [0.4, 0.5) is 0 Å². The molecular formula is C14H19N3S. The standard InChI is InChI=1S/C14H19N3S/c1-17-11(6-9-16-17)5-8-15-13-3-2-4-14-12(13)7-10-18-14/h6-7,9-10,13,15H,2-5,8H2,1H3. The predicted molar refractivity (Wildman–Crippen MR) is 74.9 cm³/mol. The van der Waals surface area contributed by atoms with Gasteiger partial charge < -0.3 is 5.32 Å². The lowest BCUT2D eigenvalue weighted by Crippen LogP contribution is -2.26. The first-order chi connectivity index (χ1) is 8.84. The molecule has 1 aliphatic rings. The van der Waals surface area contributed by atoms with Crippen LogP contribution in [0.25, 0.3) is 0 Å². The number of rotatable bonds is 4. The van der Waals surface area contributed by atoms with Gasteiger partial charge in [0.2, 0.25) is 0 Å². The van der Waals surface area contributed by atoms with E-state index in [1.165, 1.54) is 30.5 Å². The van der Waals surface area contributed by atoms with Crippen LogP contribution in [0.15, 0.2) is 23.7 Å². The van der Waals surface area contributed by atoms with E-state index in [2.05, 4.69) is 27.9 Å². The van der Waals surface area contributed by atoms with Crippen molar-refractivity contribution in [2.45, 2.75) is 31.7 Å². The maximum Gasteiger partial charge on any atom is 0.0492 e. The van der Waals surface area contributed by atoms with E-state index in [0.717, 1.165) is 13.0 Å². The molecular weight excluding hydrogens is 242 g/mol. The molecule has 3 rings (SSSR count). The van der Waals surface area contributed by atoms with Gasteiger partial charge in [0.15, 0.2) is 0 Å². The number of fused-ring (bicyclic) bond motifs is 1. The van der Waals surface area contributed by atoms with Gasteiger partial charge in [0.25, 0.3) is 0 Å². The zero-order valence-electron chi connectivity index (χ0n) is 10.7. The lowest BCUT2D eigenvalue weighted by atomic mass is 9.94. The number of aryl methyl sites for hydroxylation is 2. The molecule has 3 nitrogen and oxygen atoms in total. The Kier molecular flexibility index (Phi) is 3.48. The van der Waals surface area contributed by atoms with Gasteiger partial charge in [-0.1, -0.05) is 0 Å². The molecule has 1 aliphatic carbocycles. The third-order valence-corrected chi connectivity index (χ3v) is 4.74. The van der Waals surface area contributed by atoms with Gasteiger partial charge in [-0.15, -0.1) is 11.3 Å². The van der Waals surface area contributed by atoms with Crippen LogP contribution in [-0.4, -0.2) is 16.3 Å². The topological polar surface area (TPSA) is 29.9 Å². The van der Waals surface area contributed by atoms with Crippen LogP contribution in [0.5, 0.6) is 0 Å². The summed E-state index contributed by atoms with van der Waals surface area (Å²) < 4.78 is 1.96. The van der Waals surface area contributed by atoms with E-state index in [1.54, 1.807) is 4.88 Å². The Morgan fingerprint density at radius 2 is 2.44 bits per heavy atom. The maximum absolute atomic E-state index is 4.20. The first-order valence-electron chi connectivity index (χ1n) is 6.61. The zero-order chi connectivity index (χ0) is 12.4. The summed E-state index contributed by atoms with van der Waals surface area (Å²) in [7, 11) is 2.01. The number of hydrogen-bond donors (Lipinski definition) is 1. The minimum absolute atomic E-state index is 0.563. The van der Waals surface area contributed by atoms with Crippen LogP contribution in [0, 0.1) is 0 Å². The van der Waals surface area contributed by atoms with E-state index in [-0.39, 0.29) is 0 Å². The molecule has 0 bridgehead atoms. The molecule has 2 heterocycles. The van der Waals surface area contributed by atoms with Crippen LogP contribution in [0.1, 0.15) is 35.0 Å². The molecule has 18 heavy (non-hydrogen) atoms. The molecule has 2 aromatic rings. The molecule has 1 N–H and O–H groups in total. The van der Waals surface area contributed by atoms with Crippen LogP contribution in [-0.2, 0) is 19.9 Å². The van der Waals surface area contributed by atoms with Crippen molar-refractivity contribution in [3.05, 3.63) is 39.8 Å². The van der Waals surface area contributed by atoms with Gasteiger partial charge in [0.1, 0.15) is 0 Å². The van der Waals surface area contributed by atoms with Crippen LogP contribution < -0.4 is 5.32 Å². The fourth-order valence-electron chi connectivity index (χ4n) is 2.72. The minimum Gasteiger partial charge on any atom is -0.310 e. The summed E-state index contributed by atoms with van der Waals surface area (Å²) in [6, 6.07) is 4.95. The molecule has 2 aromatic heterocycles. The van der Waals surface area contributed by atoms with Crippen LogP contribution >= 0.6 is 11.3 Å². The normalized spacial score (nSPS) is 18.8. The van der Waals surface area contributed by atoms with E-state index in [0.29, 0.717) is 6.04 Å². The van der Waals surface area contributed by atoms with Crippen LogP contribution in [0.2, 0.25) is 0 Å². The second-order valence-electron chi connectivity index (χ2n) is 4.89. The van der Waals surface area contributed by atoms with Crippen molar-refractivity contribution in [1.82, 2.24) is 15.1 Å². The fourth-order valence-corrected chi connectivity index (χ4v) is 3.71. The second kappa shape index (κ2) is 5.24. The maximum atomic E-state index is 4.20. The Hall–Kier alpha value is -1.13. The largest absolute Gasteiger partial charge is 0.310 e. The third kappa shape index (κ3) is 2.35. The van der Waals surface area contributed by atoms with Crippen LogP contribution in [0.3, 0.4) is 0 Å². The Bertz CT molecular complexity index is 515. The van der Waals surface area contributed by atoms with E-state index >= 15 is 0 Å². The number of nitrogens with one attached hydrogen (secondary N) is 1. The van der Waals surface area contributed by atoms with Gasteiger partial charge in [0.05, 0.1) is 0 Å². The summed E-state index contributed by atoms with van der Waals surface area (Å²) in [4.78, 5) is 1.58. The monoisotopic (exact) mass is 261 g/mol. The van der Waals surface area contributed by atoms with Crippen molar-refractivity contribution in [2.24, 2.45) is 7.05 Å². The van der Waals surface area contributed by atoms with Crippen molar-refractivity contribution in [3.8, 4) is 0 Å². The summed E-state index contributed by atoms with van der Waals surface area (Å²) in [5.41, 5.74) is 2.83. The lowest BCUT2D eigenvalue weighted by molar-refractivity contribution is 0.463. The molecule has 0 aliphatic heterocycles. The molecule has 0 aromatic carbocycles. The summed E-state index contributed by atoms with van der Waals surface area (Å²) >= 11 is 1.91. The predicted octanol–water partition coefficient (Wildman–Crippen LogP) is 2.69. The van der Waals surface area contributed by atoms with Gasteiger partial charge in [-0.3, -0.25) is 4.68 Å². The first kappa shape index (κ1) is 11.9. The Morgan fingerprint density at radius 1 is 1.50 bits per heavy atom. The Labute approximate surface area is 112 Å². The van der Waals surface area contributed by atoms with Gasteiger partial charge in [0, 0.05) is 42.8 Å². The molecule has 96 valence electrons. The van der Waals surface area contributed by atoms with Gasteiger partial charge in [-0.2, -0.15) is 5.10 Å². The van der Waals surface area contributed by atoms with E-state index in [4.69, 9.17) is 0 Å². The molecule has 0 saturated heterocycles. The quantitative estimate of drug-likeness (QED) is 0.917. The summed E-state index contributed by atoms with van der Waals surface area (Å²) in [6.45, 7) is 1.03. The molecule has 1 atom stereocenters. The van der Waals surface area contributed by atoms with E-state index in [9.17, 15) is 0 Å². The number of aromatic nitrogens is 2. The van der Waals surface area contributed by atoms with Gasteiger partial charge in [-0.25, -0.2) is 0 Å². The highest BCUT2D eigenvalue weighted by atomic mass is 32.1. The van der Waals surface area contributed by atoms with Gasteiger partial charge in [-0.05, 0) is 42.3 Å². The smallest absolute Gasteiger partial charge is 0.0492 e. The third-order valence-electron chi connectivity index (χ3n) is 3.75. The molecule has 4 heteroatoms. The fraction of sp³-hybridized carbons (Fsp3) is 0.500. The van der Waals surface area contributed by atoms with Crippen molar-refractivity contribution in [3.63, 3.8) is 0 Å². The highest BCUT2D eigenvalue weighted by molar-refractivity contribution is 7.10. The van der Waals surface area contributed by atoms with E-state index < -0.39 is 0 Å². The zero-order valence-corrected chi connectivity index (χ0v) is 11.5. The van der Waals surface area contributed by atoms with E-state index in [1.807, 2.05) is 29.3 Å². The Morgan fingerprint density at radius 3 is 3.28 bits per heavy atom. The molecule has 1 unspecified atom stereocenters. The average Bonchev–Trinajstić information content (AvgIpc) is 2.99. The lowest BCUT2D eigenvalue weighted by Gasteiger charge is -2.23. The second-order valence-corrected chi connectivity index (χ2v) is 5.89. The number of hydrogen-bond acceptors (Lipinski definition) is 3. The molecule has 0 amide bonds. The number of thiophene rings is 1. The highest BCUT2D eigenvalue weighted by Crippen LogP contribution is 2.33. The summed E-state index contributed by atoms with van der Waals surface area (Å²) in [6.07, 6.45) is 6.78. The average molecular weight is 261 g/mol. The minimum atomic E-state index is 0.563. The van der Waals surface area contributed by atoms with Crippen molar-refractivity contribution < 1.29 is 0 Å². The van der Waals surface area contributed by atoms with Crippen molar-refractivity contribution >= 4 is 11.3 Å². The summed E-state index contributed by atoms with van der Waals surface area (Å²) in [5.74, 6) is 0. The SMILES string of the molecule is Cn1nccc1CCNC1CCCc2sccc21. The highest BCUT2D eigenvalue weighted by Gasteiger charge is 2.20. The molecule has 0 spiro atoms. The van der Waals surface area contributed by atoms with Gasteiger partial charge >= 0.3 is 0 Å². The number of nitrogens with zero attached hydrogens (tertiary/aromatic N) is 2. The van der Waals surface area contributed by atoms with Crippen molar-refractivity contribution in [1.29, 1.82) is 0 Å². The van der Waals surface area contributed by atoms with Crippen molar-refractivity contribution in [2.75, 3.05) is 6.54 Å². The molecule has 0 radical (unpaired) electrons.